The molecular weight excluding hydrogens is 284 g/mol. The summed E-state index contributed by atoms with van der Waals surface area (Å²) >= 11 is 0. The van der Waals surface area contributed by atoms with E-state index in [1.807, 2.05) is 0 Å². The molecule has 0 bridgehead atoms. The SMILES string of the molecule is Cc1c(NCC(C)S(C)=O)cc(C(=O)O)cc1[N+](=O)[O-]. The fourth-order valence-electron chi connectivity index (χ4n) is 1.57. The van der Waals surface area contributed by atoms with E-state index in [1.165, 1.54) is 6.07 Å². The molecule has 0 aliphatic carbocycles. The first-order chi connectivity index (χ1) is 9.23. The van der Waals surface area contributed by atoms with Gasteiger partial charge in [-0.25, -0.2) is 4.79 Å². The van der Waals surface area contributed by atoms with Crippen molar-refractivity contribution < 1.29 is 19.0 Å². The van der Waals surface area contributed by atoms with Crippen LogP contribution in [0.3, 0.4) is 0 Å². The summed E-state index contributed by atoms with van der Waals surface area (Å²) < 4.78 is 11.3. The molecule has 110 valence electrons. The molecule has 2 atom stereocenters. The minimum atomic E-state index is -1.23. The summed E-state index contributed by atoms with van der Waals surface area (Å²) in [6, 6.07) is 2.38. The fraction of sp³-hybridized carbons (Fsp3) is 0.417. The smallest absolute Gasteiger partial charge is 0.336 e. The summed E-state index contributed by atoms with van der Waals surface area (Å²) in [6.45, 7) is 3.65. The molecule has 0 spiro atoms. The van der Waals surface area contributed by atoms with E-state index in [4.69, 9.17) is 5.11 Å². The van der Waals surface area contributed by atoms with Crippen molar-refractivity contribution in [3.05, 3.63) is 33.4 Å². The van der Waals surface area contributed by atoms with Gasteiger partial charge < -0.3 is 10.4 Å². The maximum Gasteiger partial charge on any atom is 0.336 e. The number of rotatable bonds is 6. The van der Waals surface area contributed by atoms with E-state index in [-0.39, 0.29) is 16.5 Å². The molecule has 1 rings (SSSR count). The van der Waals surface area contributed by atoms with Gasteiger partial charge in [0.1, 0.15) is 0 Å². The van der Waals surface area contributed by atoms with Crippen molar-refractivity contribution in [3.63, 3.8) is 0 Å². The lowest BCUT2D eigenvalue weighted by molar-refractivity contribution is -0.385. The van der Waals surface area contributed by atoms with Gasteiger partial charge in [0.05, 0.1) is 10.5 Å². The van der Waals surface area contributed by atoms with E-state index in [0.717, 1.165) is 6.07 Å². The maximum atomic E-state index is 11.3. The van der Waals surface area contributed by atoms with Crippen LogP contribution in [0.2, 0.25) is 0 Å². The number of carbonyl (C=O) groups is 1. The Hall–Kier alpha value is -1.96. The van der Waals surface area contributed by atoms with E-state index < -0.39 is 21.7 Å². The number of anilines is 1. The van der Waals surface area contributed by atoms with Crippen LogP contribution in [0.4, 0.5) is 11.4 Å². The van der Waals surface area contributed by atoms with Crippen molar-refractivity contribution in [1.82, 2.24) is 0 Å². The Morgan fingerprint density at radius 1 is 1.55 bits per heavy atom. The fourth-order valence-corrected chi connectivity index (χ4v) is 1.88. The maximum absolute atomic E-state index is 11.3. The molecule has 0 aliphatic rings. The first-order valence-electron chi connectivity index (χ1n) is 5.82. The molecule has 7 nitrogen and oxygen atoms in total. The van der Waals surface area contributed by atoms with Crippen molar-refractivity contribution in [2.75, 3.05) is 18.1 Å². The Labute approximate surface area is 118 Å². The Bertz CT molecular complexity index is 573. The molecule has 1 aromatic rings. The summed E-state index contributed by atoms with van der Waals surface area (Å²) in [5.41, 5.74) is 0.315. The molecule has 0 amide bonds. The van der Waals surface area contributed by atoms with E-state index in [0.29, 0.717) is 17.8 Å². The third kappa shape index (κ3) is 3.77. The highest BCUT2D eigenvalue weighted by atomic mass is 32.2. The van der Waals surface area contributed by atoms with Gasteiger partial charge in [-0.2, -0.15) is 0 Å². The minimum Gasteiger partial charge on any atom is -0.478 e. The standard InChI is InChI=1S/C12H16N2O5S/c1-7(20(3)19)6-13-10-4-9(12(15)16)5-11(8(10)2)14(17)18/h4-5,7,13H,6H2,1-3H3,(H,15,16). The van der Waals surface area contributed by atoms with Crippen molar-refractivity contribution in [2.45, 2.75) is 19.1 Å². The van der Waals surface area contributed by atoms with Crippen molar-refractivity contribution in [3.8, 4) is 0 Å². The Morgan fingerprint density at radius 2 is 2.15 bits per heavy atom. The van der Waals surface area contributed by atoms with E-state index >= 15 is 0 Å². The van der Waals surface area contributed by atoms with Gasteiger partial charge in [0, 0.05) is 46.2 Å². The molecule has 0 saturated heterocycles. The quantitative estimate of drug-likeness (QED) is 0.612. The molecule has 8 heteroatoms. The van der Waals surface area contributed by atoms with Crippen LogP contribution in [0.15, 0.2) is 12.1 Å². The molecule has 2 unspecified atom stereocenters. The first-order valence-corrected chi connectivity index (χ1v) is 7.44. The lowest BCUT2D eigenvalue weighted by atomic mass is 10.1. The van der Waals surface area contributed by atoms with E-state index in [2.05, 4.69) is 5.32 Å². The third-order valence-electron chi connectivity index (χ3n) is 2.97. The zero-order valence-electron chi connectivity index (χ0n) is 11.4. The molecule has 20 heavy (non-hydrogen) atoms. The van der Waals surface area contributed by atoms with Gasteiger partial charge >= 0.3 is 5.97 Å². The highest BCUT2D eigenvalue weighted by Crippen LogP contribution is 2.28. The van der Waals surface area contributed by atoms with Crippen LogP contribution < -0.4 is 5.32 Å². The lowest BCUT2D eigenvalue weighted by Gasteiger charge is -2.14. The first kappa shape index (κ1) is 16.1. The average Bonchev–Trinajstić information content (AvgIpc) is 2.36. The predicted molar refractivity (Wildman–Crippen MR) is 76.8 cm³/mol. The number of hydrogen-bond donors (Lipinski definition) is 2. The zero-order chi connectivity index (χ0) is 15.4. The van der Waals surface area contributed by atoms with Crippen LogP contribution in [0.1, 0.15) is 22.8 Å². The van der Waals surface area contributed by atoms with Crippen LogP contribution in [0.25, 0.3) is 0 Å². The number of nitrogens with one attached hydrogen (secondary N) is 1. The summed E-state index contributed by atoms with van der Waals surface area (Å²) in [6.07, 6.45) is 1.56. The number of nitro groups is 1. The molecule has 0 aromatic heterocycles. The van der Waals surface area contributed by atoms with Crippen LogP contribution in [0, 0.1) is 17.0 Å². The average molecular weight is 300 g/mol. The van der Waals surface area contributed by atoms with Gasteiger partial charge in [0.15, 0.2) is 0 Å². The number of hydrogen-bond acceptors (Lipinski definition) is 5. The normalized spacial score (nSPS) is 13.6. The number of nitrogens with zero attached hydrogens (tertiary/aromatic N) is 1. The van der Waals surface area contributed by atoms with Gasteiger partial charge in [-0.15, -0.1) is 0 Å². The summed E-state index contributed by atoms with van der Waals surface area (Å²) in [5, 5.41) is 22.7. The topological polar surface area (TPSA) is 110 Å². The van der Waals surface area contributed by atoms with Crippen LogP contribution in [-0.4, -0.2) is 38.3 Å². The predicted octanol–water partition coefficient (Wildman–Crippen LogP) is 1.78. The van der Waals surface area contributed by atoms with Gasteiger partial charge in [0.25, 0.3) is 5.69 Å². The third-order valence-corrected chi connectivity index (χ3v) is 4.27. The number of aromatic carboxylic acids is 1. The molecule has 2 N–H and O–H groups in total. The monoisotopic (exact) mass is 300 g/mol. The zero-order valence-corrected chi connectivity index (χ0v) is 12.2. The molecule has 0 radical (unpaired) electrons. The van der Waals surface area contributed by atoms with Crippen LogP contribution in [-0.2, 0) is 10.8 Å². The highest BCUT2D eigenvalue weighted by Gasteiger charge is 2.19. The number of benzene rings is 1. The molecule has 0 saturated carbocycles. The largest absolute Gasteiger partial charge is 0.478 e. The summed E-state index contributed by atoms with van der Waals surface area (Å²) in [4.78, 5) is 21.3. The summed E-state index contributed by atoms with van der Waals surface area (Å²) in [7, 11) is -1.03. The Morgan fingerprint density at radius 3 is 2.60 bits per heavy atom. The number of carboxylic acids is 1. The van der Waals surface area contributed by atoms with E-state index in [1.54, 1.807) is 20.1 Å². The van der Waals surface area contributed by atoms with Gasteiger partial charge in [-0.3, -0.25) is 14.3 Å². The molecule has 0 fully saturated rings. The molecule has 0 aliphatic heterocycles. The molecular formula is C12H16N2O5S. The summed E-state index contributed by atoms with van der Waals surface area (Å²) in [5.74, 6) is -1.23. The molecule has 0 heterocycles. The Balaban J connectivity index is 3.14. The van der Waals surface area contributed by atoms with Crippen molar-refractivity contribution in [1.29, 1.82) is 0 Å². The van der Waals surface area contributed by atoms with Gasteiger partial charge in [-0.05, 0) is 19.9 Å². The lowest BCUT2D eigenvalue weighted by Crippen LogP contribution is -2.21. The second-order valence-corrected chi connectivity index (χ2v) is 6.22. The second-order valence-electron chi connectivity index (χ2n) is 4.42. The minimum absolute atomic E-state index is 0.151. The Kier molecular flexibility index (Phi) is 5.20. The second kappa shape index (κ2) is 6.47. The molecule has 1 aromatic carbocycles. The number of nitro benzene ring substituents is 1. The highest BCUT2D eigenvalue weighted by molar-refractivity contribution is 7.84. The van der Waals surface area contributed by atoms with Gasteiger partial charge in [-0.1, -0.05) is 0 Å². The van der Waals surface area contributed by atoms with Crippen LogP contribution in [0.5, 0.6) is 0 Å². The van der Waals surface area contributed by atoms with Crippen molar-refractivity contribution >= 4 is 28.1 Å². The van der Waals surface area contributed by atoms with Gasteiger partial charge in [0.2, 0.25) is 0 Å². The van der Waals surface area contributed by atoms with Crippen LogP contribution >= 0.6 is 0 Å². The van der Waals surface area contributed by atoms with Crippen molar-refractivity contribution in [2.24, 2.45) is 0 Å². The number of carboxylic acid groups (broad SMARTS) is 1. The van der Waals surface area contributed by atoms with E-state index in [9.17, 15) is 19.1 Å².